The molecule has 0 aromatic rings. The topological polar surface area (TPSA) is 105 Å². The van der Waals surface area contributed by atoms with Crippen LogP contribution in [0.2, 0.25) is 0 Å². The van der Waals surface area contributed by atoms with E-state index < -0.39 is 23.3 Å². The Morgan fingerprint density at radius 3 is 2.41 bits per heavy atom. The summed E-state index contributed by atoms with van der Waals surface area (Å²) in [7, 11) is 1.33. The molecular weight excluding hydrogens is 288 g/mol. The van der Waals surface area contributed by atoms with Crippen molar-refractivity contribution in [2.75, 3.05) is 13.7 Å². The van der Waals surface area contributed by atoms with Gasteiger partial charge in [-0.2, -0.15) is 0 Å². The van der Waals surface area contributed by atoms with E-state index in [0.29, 0.717) is 12.8 Å². The molecule has 1 aliphatic rings. The fourth-order valence-corrected chi connectivity index (χ4v) is 2.45. The van der Waals surface area contributed by atoms with Gasteiger partial charge in [0.2, 0.25) is 5.91 Å². The molecule has 0 aromatic carbocycles. The first-order chi connectivity index (χ1) is 10.4. The number of aliphatic carboxylic acids is 1. The predicted molar refractivity (Wildman–Crippen MR) is 79.9 cm³/mol. The minimum Gasteiger partial charge on any atom is -0.491 e. The summed E-state index contributed by atoms with van der Waals surface area (Å²) in [6.45, 7) is 3.14. The lowest BCUT2D eigenvalue weighted by atomic mass is 9.81. The Labute approximate surface area is 129 Å². The van der Waals surface area contributed by atoms with Gasteiger partial charge in [-0.1, -0.05) is 31.9 Å². The Morgan fingerprint density at radius 1 is 1.27 bits per heavy atom. The lowest BCUT2D eigenvalue weighted by Gasteiger charge is -2.33. The molecule has 3 N–H and O–H groups in total. The molecule has 0 saturated heterocycles. The maximum absolute atomic E-state index is 11.9. The zero-order chi connectivity index (χ0) is 16.6. The molecule has 0 aliphatic heterocycles. The highest BCUT2D eigenvalue weighted by Gasteiger charge is 2.40. The molecule has 0 aromatic heterocycles. The van der Waals surface area contributed by atoms with Crippen LogP contribution in [0.5, 0.6) is 0 Å². The molecule has 1 rings (SSSR count). The van der Waals surface area contributed by atoms with Crippen LogP contribution in [0, 0.1) is 0 Å². The van der Waals surface area contributed by atoms with E-state index in [2.05, 4.69) is 17.2 Å². The summed E-state index contributed by atoms with van der Waals surface area (Å²) >= 11 is 0. The van der Waals surface area contributed by atoms with Crippen molar-refractivity contribution in [3.8, 4) is 0 Å². The van der Waals surface area contributed by atoms with Crippen molar-refractivity contribution in [1.82, 2.24) is 10.6 Å². The van der Waals surface area contributed by atoms with E-state index in [0.717, 1.165) is 19.3 Å². The molecule has 0 radical (unpaired) electrons. The molecule has 7 heteroatoms. The Morgan fingerprint density at radius 2 is 1.91 bits per heavy atom. The van der Waals surface area contributed by atoms with Crippen molar-refractivity contribution in [3.05, 3.63) is 24.5 Å². The number of hydrogen-bond acceptors (Lipinski definition) is 4. The largest absolute Gasteiger partial charge is 0.491 e. The number of carbonyl (C=O) groups excluding carboxylic acids is 2. The summed E-state index contributed by atoms with van der Waals surface area (Å²) in [5.74, 6) is -2.11. The van der Waals surface area contributed by atoms with E-state index in [-0.39, 0.29) is 12.3 Å². The van der Waals surface area contributed by atoms with Gasteiger partial charge >= 0.3 is 5.97 Å². The fourth-order valence-electron chi connectivity index (χ4n) is 2.45. The minimum absolute atomic E-state index is 0.0217. The summed E-state index contributed by atoms with van der Waals surface area (Å²) in [5.41, 5.74) is -1.22. The molecule has 1 fully saturated rings. The van der Waals surface area contributed by atoms with Crippen LogP contribution in [0.4, 0.5) is 0 Å². The van der Waals surface area contributed by atoms with E-state index in [4.69, 9.17) is 4.74 Å². The lowest BCUT2D eigenvalue weighted by molar-refractivity contribution is -0.149. The van der Waals surface area contributed by atoms with Crippen molar-refractivity contribution in [2.24, 2.45) is 0 Å². The molecule has 22 heavy (non-hydrogen) atoms. The first-order valence-electron chi connectivity index (χ1n) is 7.14. The number of ether oxygens (including phenoxy) is 1. The van der Waals surface area contributed by atoms with E-state index in [1.807, 2.05) is 0 Å². The standard InChI is InChI=1S/C15H22N2O5/c1-3-7-11(22-2)13(19)16-10-12(18)17-15(14(20)21)8-5-4-6-9-15/h3,7H,1,4-6,8-10H2,2H3,(H,16,19)(H,17,18)(H,20,21)/b11-7-. The van der Waals surface area contributed by atoms with Gasteiger partial charge in [0.25, 0.3) is 5.91 Å². The van der Waals surface area contributed by atoms with E-state index in [9.17, 15) is 19.5 Å². The van der Waals surface area contributed by atoms with Gasteiger partial charge in [-0.15, -0.1) is 0 Å². The number of carboxylic acid groups (broad SMARTS) is 1. The Hall–Kier alpha value is -2.31. The van der Waals surface area contributed by atoms with Gasteiger partial charge in [0, 0.05) is 0 Å². The highest BCUT2D eigenvalue weighted by Crippen LogP contribution is 2.28. The molecule has 0 atom stereocenters. The van der Waals surface area contributed by atoms with Crippen LogP contribution in [0.3, 0.4) is 0 Å². The van der Waals surface area contributed by atoms with Gasteiger partial charge in [0.05, 0.1) is 13.7 Å². The zero-order valence-electron chi connectivity index (χ0n) is 12.7. The summed E-state index contributed by atoms with van der Waals surface area (Å²) < 4.78 is 4.84. The minimum atomic E-state index is -1.22. The number of rotatable bonds is 7. The Kier molecular flexibility index (Phi) is 6.62. The van der Waals surface area contributed by atoms with Gasteiger partial charge in [0.15, 0.2) is 5.76 Å². The Balaban J connectivity index is 2.58. The third-order valence-corrected chi connectivity index (χ3v) is 3.62. The number of carboxylic acids is 1. The van der Waals surface area contributed by atoms with Crippen molar-refractivity contribution >= 4 is 17.8 Å². The van der Waals surface area contributed by atoms with Gasteiger partial charge in [-0.25, -0.2) is 4.79 Å². The number of nitrogens with one attached hydrogen (secondary N) is 2. The number of carbonyl (C=O) groups is 3. The van der Waals surface area contributed by atoms with Gasteiger partial charge in [-0.3, -0.25) is 9.59 Å². The Bertz CT molecular complexity index is 478. The van der Waals surface area contributed by atoms with E-state index in [1.54, 1.807) is 0 Å². The fraction of sp³-hybridized carbons (Fsp3) is 0.533. The summed E-state index contributed by atoms with van der Waals surface area (Å²) in [6.07, 6.45) is 6.05. The molecule has 0 bridgehead atoms. The molecule has 0 unspecified atom stereocenters. The maximum atomic E-state index is 11.9. The number of methoxy groups -OCH3 is 1. The number of allylic oxidation sites excluding steroid dienone is 2. The second-order valence-electron chi connectivity index (χ2n) is 5.15. The van der Waals surface area contributed by atoms with Crippen LogP contribution in [0.15, 0.2) is 24.5 Å². The van der Waals surface area contributed by atoms with Crippen LogP contribution in [0.25, 0.3) is 0 Å². The third-order valence-electron chi connectivity index (χ3n) is 3.62. The average Bonchev–Trinajstić information content (AvgIpc) is 2.51. The zero-order valence-corrected chi connectivity index (χ0v) is 12.7. The number of hydrogen-bond donors (Lipinski definition) is 3. The van der Waals surface area contributed by atoms with Crippen molar-refractivity contribution in [2.45, 2.75) is 37.6 Å². The number of amides is 2. The molecule has 7 nitrogen and oxygen atoms in total. The second kappa shape index (κ2) is 8.21. The van der Waals surface area contributed by atoms with Crippen molar-refractivity contribution < 1.29 is 24.2 Å². The van der Waals surface area contributed by atoms with Crippen LogP contribution in [-0.4, -0.2) is 42.1 Å². The monoisotopic (exact) mass is 310 g/mol. The first-order valence-corrected chi connectivity index (χ1v) is 7.14. The van der Waals surface area contributed by atoms with Crippen LogP contribution in [0.1, 0.15) is 32.1 Å². The summed E-state index contributed by atoms with van der Waals surface area (Å²) in [5, 5.41) is 14.3. The molecule has 1 aliphatic carbocycles. The highest BCUT2D eigenvalue weighted by atomic mass is 16.5. The maximum Gasteiger partial charge on any atom is 0.329 e. The smallest absolute Gasteiger partial charge is 0.329 e. The third kappa shape index (κ3) is 4.61. The highest BCUT2D eigenvalue weighted by molar-refractivity contribution is 5.95. The molecule has 0 heterocycles. The van der Waals surface area contributed by atoms with Gasteiger partial charge in [0.1, 0.15) is 5.54 Å². The molecule has 0 spiro atoms. The average molecular weight is 310 g/mol. The first kappa shape index (κ1) is 17.7. The predicted octanol–water partition coefficient (Wildman–Crippen LogP) is 0.723. The molecule has 1 saturated carbocycles. The molecular formula is C15H22N2O5. The van der Waals surface area contributed by atoms with Crippen LogP contribution in [-0.2, 0) is 19.1 Å². The van der Waals surface area contributed by atoms with Gasteiger partial charge in [-0.05, 0) is 18.9 Å². The van der Waals surface area contributed by atoms with E-state index >= 15 is 0 Å². The van der Waals surface area contributed by atoms with Crippen LogP contribution >= 0.6 is 0 Å². The summed E-state index contributed by atoms with van der Waals surface area (Å²) in [4.78, 5) is 35.1. The van der Waals surface area contributed by atoms with Crippen LogP contribution < -0.4 is 10.6 Å². The van der Waals surface area contributed by atoms with Gasteiger partial charge < -0.3 is 20.5 Å². The van der Waals surface area contributed by atoms with E-state index in [1.165, 1.54) is 19.3 Å². The molecule has 122 valence electrons. The van der Waals surface area contributed by atoms with Crippen molar-refractivity contribution in [1.29, 1.82) is 0 Å². The second-order valence-corrected chi connectivity index (χ2v) is 5.15. The molecule has 2 amide bonds. The van der Waals surface area contributed by atoms with Crippen molar-refractivity contribution in [3.63, 3.8) is 0 Å². The SMILES string of the molecule is C=C/C=C(\OC)C(=O)NCC(=O)NC1(C(=O)O)CCCCC1. The lowest BCUT2D eigenvalue weighted by Crippen LogP contribution is -2.57. The quantitative estimate of drug-likeness (QED) is 0.365. The summed E-state index contributed by atoms with van der Waals surface area (Å²) in [6, 6.07) is 0. The normalized spacial score (nSPS) is 17.2.